The smallest absolute Gasteiger partial charge is 0.243 e. The van der Waals surface area contributed by atoms with Gasteiger partial charge in [0.25, 0.3) is 0 Å². The minimum absolute atomic E-state index is 0.0118. The SMILES string of the molecule is CC(C)CC1C(=O)NCC(=O)N1CC1CCOC1. The van der Waals surface area contributed by atoms with Gasteiger partial charge in [0, 0.05) is 19.1 Å². The lowest BCUT2D eigenvalue weighted by atomic mass is 9.98. The number of ether oxygens (including phenoxy) is 1. The van der Waals surface area contributed by atoms with E-state index in [2.05, 4.69) is 19.2 Å². The highest BCUT2D eigenvalue weighted by molar-refractivity contribution is 5.94. The Labute approximate surface area is 108 Å². The van der Waals surface area contributed by atoms with Crippen LogP contribution in [0.4, 0.5) is 0 Å². The predicted octanol–water partition coefficient (Wildman–Crippen LogP) is 0.396. The first-order valence-corrected chi connectivity index (χ1v) is 6.73. The highest BCUT2D eigenvalue weighted by atomic mass is 16.5. The quantitative estimate of drug-likeness (QED) is 0.790. The second-order valence-corrected chi connectivity index (χ2v) is 5.64. The molecule has 2 aliphatic heterocycles. The molecule has 2 atom stereocenters. The number of carbonyl (C=O) groups is 2. The van der Waals surface area contributed by atoms with Gasteiger partial charge in [-0.15, -0.1) is 0 Å². The van der Waals surface area contributed by atoms with Crippen molar-refractivity contribution in [1.29, 1.82) is 0 Å². The van der Waals surface area contributed by atoms with Crippen molar-refractivity contribution < 1.29 is 14.3 Å². The molecule has 0 radical (unpaired) electrons. The normalized spacial score (nSPS) is 28.9. The fourth-order valence-corrected chi connectivity index (χ4v) is 2.61. The van der Waals surface area contributed by atoms with Crippen molar-refractivity contribution in [3.05, 3.63) is 0 Å². The van der Waals surface area contributed by atoms with Gasteiger partial charge in [0.2, 0.25) is 11.8 Å². The Kier molecular flexibility index (Phi) is 4.22. The summed E-state index contributed by atoms with van der Waals surface area (Å²) in [5, 5.41) is 2.68. The van der Waals surface area contributed by atoms with E-state index in [9.17, 15) is 9.59 Å². The maximum absolute atomic E-state index is 12.0. The molecule has 102 valence electrons. The van der Waals surface area contributed by atoms with Crippen LogP contribution in [0.2, 0.25) is 0 Å². The molecule has 2 amide bonds. The van der Waals surface area contributed by atoms with E-state index < -0.39 is 0 Å². The van der Waals surface area contributed by atoms with Crippen molar-refractivity contribution in [1.82, 2.24) is 10.2 Å². The molecule has 0 aromatic rings. The second kappa shape index (κ2) is 5.69. The number of nitrogens with one attached hydrogen (secondary N) is 1. The first-order chi connectivity index (χ1) is 8.58. The van der Waals surface area contributed by atoms with E-state index in [1.54, 1.807) is 4.90 Å². The Morgan fingerprint density at radius 2 is 2.22 bits per heavy atom. The summed E-state index contributed by atoms with van der Waals surface area (Å²) in [6.07, 6.45) is 1.71. The van der Waals surface area contributed by atoms with Gasteiger partial charge in [0.05, 0.1) is 13.2 Å². The number of hydrogen-bond acceptors (Lipinski definition) is 3. The number of piperazine rings is 1. The third kappa shape index (κ3) is 3.02. The van der Waals surface area contributed by atoms with Gasteiger partial charge in [-0.2, -0.15) is 0 Å². The third-order valence-corrected chi connectivity index (χ3v) is 3.59. The van der Waals surface area contributed by atoms with Crippen LogP contribution in [0, 0.1) is 11.8 Å². The van der Waals surface area contributed by atoms with E-state index >= 15 is 0 Å². The van der Waals surface area contributed by atoms with Crippen LogP contribution in [0.5, 0.6) is 0 Å². The Balaban J connectivity index is 2.04. The number of rotatable bonds is 4. The third-order valence-electron chi connectivity index (χ3n) is 3.59. The highest BCUT2D eigenvalue weighted by Crippen LogP contribution is 2.20. The summed E-state index contributed by atoms with van der Waals surface area (Å²) in [4.78, 5) is 25.7. The second-order valence-electron chi connectivity index (χ2n) is 5.64. The summed E-state index contributed by atoms with van der Waals surface area (Å²) >= 11 is 0. The molecule has 0 aromatic heterocycles. The molecule has 2 unspecified atom stereocenters. The average molecular weight is 254 g/mol. The standard InChI is InChI=1S/C13H22N2O3/c1-9(2)5-11-13(17)14-6-12(16)15(11)7-10-3-4-18-8-10/h9-11H,3-8H2,1-2H3,(H,14,17). The van der Waals surface area contributed by atoms with E-state index in [0.29, 0.717) is 25.0 Å². The lowest BCUT2D eigenvalue weighted by Crippen LogP contribution is -2.59. The van der Waals surface area contributed by atoms with Crippen LogP contribution in [0.3, 0.4) is 0 Å². The number of amides is 2. The summed E-state index contributed by atoms with van der Waals surface area (Å²) in [5.74, 6) is 0.804. The first kappa shape index (κ1) is 13.3. The van der Waals surface area contributed by atoms with Crippen LogP contribution in [0.15, 0.2) is 0 Å². The monoisotopic (exact) mass is 254 g/mol. The molecule has 18 heavy (non-hydrogen) atoms. The summed E-state index contributed by atoms with van der Waals surface area (Å²) < 4.78 is 5.34. The fraction of sp³-hybridized carbons (Fsp3) is 0.846. The van der Waals surface area contributed by atoms with E-state index in [0.717, 1.165) is 19.4 Å². The fourth-order valence-electron chi connectivity index (χ4n) is 2.61. The molecule has 2 aliphatic rings. The maximum Gasteiger partial charge on any atom is 0.243 e. The lowest BCUT2D eigenvalue weighted by molar-refractivity contribution is -0.146. The molecule has 2 fully saturated rings. The van der Waals surface area contributed by atoms with E-state index in [4.69, 9.17) is 4.74 Å². The van der Waals surface area contributed by atoms with Gasteiger partial charge in [0.15, 0.2) is 0 Å². The van der Waals surface area contributed by atoms with E-state index in [-0.39, 0.29) is 24.4 Å². The minimum Gasteiger partial charge on any atom is -0.381 e. The summed E-state index contributed by atoms with van der Waals surface area (Å²) in [6.45, 7) is 6.42. The van der Waals surface area contributed by atoms with Crippen LogP contribution >= 0.6 is 0 Å². The Hall–Kier alpha value is -1.10. The molecule has 2 heterocycles. The predicted molar refractivity (Wildman–Crippen MR) is 66.9 cm³/mol. The summed E-state index contributed by atoms with van der Waals surface area (Å²) in [5.41, 5.74) is 0. The lowest BCUT2D eigenvalue weighted by Gasteiger charge is -2.37. The van der Waals surface area contributed by atoms with Crippen LogP contribution in [-0.2, 0) is 14.3 Å². The van der Waals surface area contributed by atoms with Crippen molar-refractivity contribution >= 4 is 11.8 Å². The van der Waals surface area contributed by atoms with Gasteiger partial charge in [-0.1, -0.05) is 13.8 Å². The minimum atomic E-state index is -0.299. The van der Waals surface area contributed by atoms with Gasteiger partial charge < -0.3 is 15.0 Å². The molecule has 5 heteroatoms. The molecule has 2 saturated heterocycles. The maximum atomic E-state index is 12.0. The zero-order valence-corrected chi connectivity index (χ0v) is 11.1. The molecule has 0 bridgehead atoms. The van der Waals surface area contributed by atoms with Gasteiger partial charge >= 0.3 is 0 Å². The van der Waals surface area contributed by atoms with Gasteiger partial charge in [-0.3, -0.25) is 9.59 Å². The van der Waals surface area contributed by atoms with Crippen molar-refractivity contribution in [3.63, 3.8) is 0 Å². The molecule has 2 rings (SSSR count). The molecule has 0 spiro atoms. The largest absolute Gasteiger partial charge is 0.381 e. The molecule has 0 aliphatic carbocycles. The van der Waals surface area contributed by atoms with Crippen molar-refractivity contribution in [3.8, 4) is 0 Å². The van der Waals surface area contributed by atoms with Crippen LogP contribution < -0.4 is 5.32 Å². The van der Waals surface area contributed by atoms with E-state index in [1.165, 1.54) is 0 Å². The molecular formula is C13H22N2O3. The van der Waals surface area contributed by atoms with Gasteiger partial charge in [-0.05, 0) is 18.8 Å². The molecule has 5 nitrogen and oxygen atoms in total. The van der Waals surface area contributed by atoms with E-state index in [1.807, 2.05) is 0 Å². The zero-order valence-electron chi connectivity index (χ0n) is 11.1. The van der Waals surface area contributed by atoms with Gasteiger partial charge in [0.1, 0.15) is 6.04 Å². The van der Waals surface area contributed by atoms with Crippen LogP contribution in [0.25, 0.3) is 0 Å². The zero-order chi connectivity index (χ0) is 13.1. The molecule has 0 saturated carbocycles. The molecular weight excluding hydrogens is 232 g/mol. The van der Waals surface area contributed by atoms with Crippen molar-refractivity contribution in [2.45, 2.75) is 32.7 Å². The first-order valence-electron chi connectivity index (χ1n) is 6.73. The van der Waals surface area contributed by atoms with Gasteiger partial charge in [-0.25, -0.2) is 0 Å². The Bertz CT molecular complexity index is 324. The summed E-state index contributed by atoms with van der Waals surface area (Å²) in [7, 11) is 0. The molecule has 1 N–H and O–H groups in total. The highest BCUT2D eigenvalue weighted by Gasteiger charge is 2.36. The average Bonchev–Trinajstić information content (AvgIpc) is 2.80. The topological polar surface area (TPSA) is 58.6 Å². The number of hydrogen-bond donors (Lipinski definition) is 1. The van der Waals surface area contributed by atoms with Crippen molar-refractivity contribution in [2.24, 2.45) is 11.8 Å². The molecule has 0 aromatic carbocycles. The van der Waals surface area contributed by atoms with Crippen molar-refractivity contribution in [2.75, 3.05) is 26.3 Å². The Morgan fingerprint density at radius 3 is 2.83 bits per heavy atom. The Morgan fingerprint density at radius 1 is 1.44 bits per heavy atom. The number of carbonyl (C=O) groups excluding carboxylic acids is 2. The van der Waals surface area contributed by atoms with Crippen LogP contribution in [-0.4, -0.2) is 49.1 Å². The van der Waals surface area contributed by atoms with Crippen LogP contribution in [0.1, 0.15) is 26.7 Å². The summed E-state index contributed by atoms with van der Waals surface area (Å²) in [6, 6.07) is -0.299. The number of nitrogens with zero attached hydrogens (tertiary/aromatic N) is 1.